The summed E-state index contributed by atoms with van der Waals surface area (Å²) in [7, 11) is 0. The van der Waals surface area contributed by atoms with Crippen molar-refractivity contribution in [3.63, 3.8) is 0 Å². The van der Waals surface area contributed by atoms with Crippen LogP contribution in [-0.4, -0.2) is 53.9 Å². The van der Waals surface area contributed by atoms with Crippen LogP contribution in [0.25, 0.3) is 0 Å². The molecule has 0 saturated carbocycles. The maximum atomic E-state index is 12.3. The molecule has 2 rings (SSSR count). The van der Waals surface area contributed by atoms with E-state index in [0.29, 0.717) is 26.2 Å². The molecule has 20 heavy (non-hydrogen) atoms. The van der Waals surface area contributed by atoms with Gasteiger partial charge in [0.2, 0.25) is 0 Å². The van der Waals surface area contributed by atoms with Crippen LogP contribution < -0.4 is 4.90 Å². The minimum absolute atomic E-state index is 0.374. The van der Waals surface area contributed by atoms with Gasteiger partial charge >= 0.3 is 6.18 Å². The Hall–Kier alpha value is -1.34. The van der Waals surface area contributed by atoms with E-state index in [2.05, 4.69) is 4.98 Å². The number of hydrogen-bond acceptors (Lipinski definition) is 4. The number of aliphatic hydroxyl groups is 1. The van der Waals surface area contributed by atoms with Crippen molar-refractivity contribution in [2.75, 3.05) is 37.6 Å². The third-order valence-electron chi connectivity index (χ3n) is 3.35. The highest BCUT2D eigenvalue weighted by Crippen LogP contribution is 2.20. The first kappa shape index (κ1) is 15.1. The minimum Gasteiger partial charge on any atom is -0.389 e. The summed E-state index contributed by atoms with van der Waals surface area (Å²) >= 11 is 0. The molecule has 1 unspecified atom stereocenters. The zero-order valence-corrected chi connectivity index (χ0v) is 11.3. The summed E-state index contributed by atoms with van der Waals surface area (Å²) in [5.41, 5.74) is 0.726. The number of aromatic nitrogens is 1. The standard InChI is InChI=1S/C13H18F3N3O/c1-10(20)11-2-3-12(17-8-11)19-6-4-18(5-7-19)9-13(14,15)16/h2-3,8,10,20H,4-7,9H2,1H3. The Bertz CT molecular complexity index is 425. The van der Waals surface area contributed by atoms with Crippen molar-refractivity contribution in [1.82, 2.24) is 9.88 Å². The second-order valence-corrected chi connectivity index (χ2v) is 5.00. The molecule has 2 heterocycles. The van der Waals surface area contributed by atoms with Crippen LogP contribution in [0, 0.1) is 0 Å². The van der Waals surface area contributed by atoms with Gasteiger partial charge < -0.3 is 10.0 Å². The van der Waals surface area contributed by atoms with Crippen molar-refractivity contribution >= 4 is 5.82 Å². The predicted octanol–water partition coefficient (Wildman–Crippen LogP) is 1.82. The molecular weight excluding hydrogens is 271 g/mol. The van der Waals surface area contributed by atoms with Crippen LogP contribution in [0.3, 0.4) is 0 Å². The summed E-state index contributed by atoms with van der Waals surface area (Å²) in [6.07, 6.45) is -3.11. The highest BCUT2D eigenvalue weighted by molar-refractivity contribution is 5.40. The first-order valence-electron chi connectivity index (χ1n) is 6.53. The number of alkyl halides is 3. The molecule has 1 aliphatic rings. The Kier molecular flexibility index (Phi) is 4.49. The zero-order valence-electron chi connectivity index (χ0n) is 11.3. The van der Waals surface area contributed by atoms with E-state index in [1.165, 1.54) is 4.90 Å². The SMILES string of the molecule is CC(O)c1ccc(N2CCN(CC(F)(F)F)CC2)nc1. The number of halogens is 3. The van der Waals surface area contributed by atoms with Crippen LogP contribution in [0.4, 0.5) is 19.0 Å². The predicted molar refractivity (Wildman–Crippen MR) is 69.6 cm³/mol. The molecule has 1 aromatic heterocycles. The Morgan fingerprint density at radius 3 is 2.35 bits per heavy atom. The molecule has 1 fully saturated rings. The molecular formula is C13H18F3N3O. The van der Waals surface area contributed by atoms with Crippen molar-refractivity contribution in [2.45, 2.75) is 19.2 Å². The summed E-state index contributed by atoms with van der Waals surface area (Å²) in [6, 6.07) is 3.58. The van der Waals surface area contributed by atoms with Gasteiger partial charge in [-0.05, 0) is 18.6 Å². The molecule has 1 aliphatic heterocycles. The van der Waals surface area contributed by atoms with Crippen molar-refractivity contribution in [3.8, 4) is 0 Å². The van der Waals surface area contributed by atoms with Gasteiger partial charge in [0.1, 0.15) is 5.82 Å². The molecule has 1 atom stereocenters. The van der Waals surface area contributed by atoms with Gasteiger partial charge in [-0.2, -0.15) is 13.2 Å². The van der Waals surface area contributed by atoms with Gasteiger partial charge in [-0.15, -0.1) is 0 Å². The average molecular weight is 289 g/mol. The molecule has 0 bridgehead atoms. The van der Waals surface area contributed by atoms with E-state index in [4.69, 9.17) is 0 Å². The lowest BCUT2D eigenvalue weighted by atomic mass is 10.2. The fraction of sp³-hybridized carbons (Fsp3) is 0.615. The van der Waals surface area contributed by atoms with Gasteiger partial charge in [-0.3, -0.25) is 4.90 Å². The summed E-state index contributed by atoms with van der Waals surface area (Å²) in [4.78, 5) is 7.61. The molecule has 0 amide bonds. The number of nitrogens with zero attached hydrogens (tertiary/aromatic N) is 3. The van der Waals surface area contributed by atoms with Gasteiger partial charge in [0.05, 0.1) is 12.6 Å². The number of pyridine rings is 1. The van der Waals surface area contributed by atoms with E-state index < -0.39 is 18.8 Å². The Morgan fingerprint density at radius 2 is 1.90 bits per heavy atom. The van der Waals surface area contributed by atoms with E-state index in [-0.39, 0.29) is 0 Å². The summed E-state index contributed by atoms with van der Waals surface area (Å²) in [5.74, 6) is 0.737. The van der Waals surface area contributed by atoms with Gasteiger partial charge in [0, 0.05) is 32.4 Å². The molecule has 112 valence electrons. The number of rotatable bonds is 3. The lowest BCUT2D eigenvalue weighted by molar-refractivity contribution is -0.146. The highest BCUT2D eigenvalue weighted by Gasteiger charge is 2.32. The van der Waals surface area contributed by atoms with Gasteiger partial charge in [0.15, 0.2) is 0 Å². The lowest BCUT2D eigenvalue weighted by Gasteiger charge is -2.35. The maximum Gasteiger partial charge on any atom is 0.401 e. The van der Waals surface area contributed by atoms with Crippen molar-refractivity contribution < 1.29 is 18.3 Å². The van der Waals surface area contributed by atoms with Crippen LogP contribution in [0.15, 0.2) is 18.3 Å². The van der Waals surface area contributed by atoms with E-state index in [9.17, 15) is 18.3 Å². The Balaban J connectivity index is 1.90. The van der Waals surface area contributed by atoms with Crippen molar-refractivity contribution in [2.24, 2.45) is 0 Å². The smallest absolute Gasteiger partial charge is 0.389 e. The second-order valence-electron chi connectivity index (χ2n) is 5.00. The number of hydrogen-bond donors (Lipinski definition) is 1. The van der Waals surface area contributed by atoms with E-state index in [1.807, 2.05) is 4.90 Å². The quantitative estimate of drug-likeness (QED) is 0.921. The van der Waals surface area contributed by atoms with Gasteiger partial charge in [-0.25, -0.2) is 4.98 Å². The van der Waals surface area contributed by atoms with E-state index in [1.54, 1.807) is 25.3 Å². The summed E-state index contributed by atoms with van der Waals surface area (Å²) in [5, 5.41) is 9.40. The molecule has 1 aromatic rings. The number of anilines is 1. The third-order valence-corrected chi connectivity index (χ3v) is 3.35. The van der Waals surface area contributed by atoms with E-state index in [0.717, 1.165) is 11.4 Å². The fourth-order valence-corrected chi connectivity index (χ4v) is 2.22. The third kappa shape index (κ3) is 4.08. The average Bonchev–Trinajstić information content (AvgIpc) is 2.38. The fourth-order valence-electron chi connectivity index (χ4n) is 2.22. The van der Waals surface area contributed by atoms with Crippen molar-refractivity contribution in [1.29, 1.82) is 0 Å². The van der Waals surface area contributed by atoms with Crippen LogP contribution in [-0.2, 0) is 0 Å². The summed E-state index contributed by atoms with van der Waals surface area (Å²) in [6.45, 7) is 2.61. The topological polar surface area (TPSA) is 39.6 Å². The van der Waals surface area contributed by atoms with Gasteiger partial charge in [-0.1, -0.05) is 6.07 Å². The molecule has 1 saturated heterocycles. The molecule has 4 nitrogen and oxygen atoms in total. The minimum atomic E-state index is -4.14. The van der Waals surface area contributed by atoms with Crippen LogP contribution in [0.5, 0.6) is 0 Å². The Morgan fingerprint density at radius 1 is 1.25 bits per heavy atom. The monoisotopic (exact) mass is 289 g/mol. The maximum absolute atomic E-state index is 12.3. The summed E-state index contributed by atoms with van der Waals surface area (Å²) < 4.78 is 36.9. The first-order valence-corrected chi connectivity index (χ1v) is 6.53. The van der Waals surface area contributed by atoms with Crippen LogP contribution in [0.2, 0.25) is 0 Å². The molecule has 0 aliphatic carbocycles. The zero-order chi connectivity index (χ0) is 14.8. The second kappa shape index (κ2) is 5.97. The number of piperazine rings is 1. The largest absolute Gasteiger partial charge is 0.401 e. The normalized spacial score (nSPS) is 19.1. The molecule has 0 aromatic carbocycles. The molecule has 0 radical (unpaired) electrons. The highest BCUT2D eigenvalue weighted by atomic mass is 19.4. The van der Waals surface area contributed by atoms with E-state index >= 15 is 0 Å². The number of aliphatic hydroxyl groups excluding tert-OH is 1. The molecule has 7 heteroatoms. The molecule has 0 spiro atoms. The lowest BCUT2D eigenvalue weighted by Crippen LogP contribution is -2.49. The van der Waals surface area contributed by atoms with Crippen LogP contribution in [0.1, 0.15) is 18.6 Å². The van der Waals surface area contributed by atoms with Crippen molar-refractivity contribution in [3.05, 3.63) is 23.9 Å². The first-order chi connectivity index (χ1) is 9.35. The van der Waals surface area contributed by atoms with Crippen LogP contribution >= 0.6 is 0 Å². The Labute approximate surface area is 115 Å². The van der Waals surface area contributed by atoms with Gasteiger partial charge in [0.25, 0.3) is 0 Å². The molecule has 1 N–H and O–H groups in total.